The number of hydrogen-bond acceptors (Lipinski definition) is 3. The maximum Gasteiger partial charge on any atom is 0.205 e. The van der Waals surface area contributed by atoms with Gasteiger partial charge in [-0.15, -0.1) is 0 Å². The molecule has 0 aliphatic carbocycles. The van der Waals surface area contributed by atoms with Crippen molar-refractivity contribution in [2.45, 2.75) is 0 Å². The van der Waals surface area contributed by atoms with Gasteiger partial charge in [0.15, 0.2) is 0 Å². The van der Waals surface area contributed by atoms with Crippen molar-refractivity contribution in [3.05, 3.63) is 53.8 Å². The van der Waals surface area contributed by atoms with E-state index in [0.29, 0.717) is 11.6 Å². The molecule has 19 heavy (non-hydrogen) atoms. The zero-order chi connectivity index (χ0) is 13.2. The Morgan fingerprint density at radius 3 is 2.79 bits per heavy atom. The number of halogens is 1. The van der Waals surface area contributed by atoms with E-state index in [4.69, 9.17) is 5.26 Å². The zero-order valence-corrected chi connectivity index (χ0v) is 9.81. The predicted molar refractivity (Wildman–Crippen MR) is 70.5 cm³/mol. The van der Waals surface area contributed by atoms with Crippen LogP contribution in [0.4, 0.5) is 16.0 Å². The first-order chi connectivity index (χ1) is 9.26. The van der Waals surface area contributed by atoms with Crippen molar-refractivity contribution in [2.75, 3.05) is 5.32 Å². The van der Waals surface area contributed by atoms with Gasteiger partial charge in [0.05, 0.1) is 16.6 Å². The first-order valence-electron chi connectivity index (χ1n) is 5.68. The highest BCUT2D eigenvalue weighted by atomic mass is 19.1. The molecule has 0 saturated carbocycles. The summed E-state index contributed by atoms with van der Waals surface area (Å²) in [6.07, 6.45) is 0. The Balaban J connectivity index is 1.92. The number of aromatic amines is 1. The highest BCUT2D eigenvalue weighted by molar-refractivity contribution is 5.78. The number of H-pyrrole nitrogens is 1. The minimum absolute atomic E-state index is 0.0233. The number of imidazole rings is 1. The summed E-state index contributed by atoms with van der Waals surface area (Å²) in [5.74, 6) is -0.0195. The largest absolute Gasteiger partial charge is 0.326 e. The first-order valence-corrected chi connectivity index (χ1v) is 5.68. The normalized spacial score (nSPS) is 10.3. The van der Waals surface area contributed by atoms with E-state index in [-0.39, 0.29) is 5.56 Å². The van der Waals surface area contributed by atoms with E-state index in [1.54, 1.807) is 12.1 Å². The molecule has 3 rings (SSSR count). The topological polar surface area (TPSA) is 64.5 Å². The predicted octanol–water partition coefficient (Wildman–Crippen LogP) is 3.32. The molecule has 0 bridgehead atoms. The fraction of sp³-hybridized carbons (Fsp3) is 0. The Hall–Kier alpha value is -2.87. The van der Waals surface area contributed by atoms with Crippen LogP contribution in [0, 0.1) is 17.1 Å². The molecule has 1 aromatic heterocycles. The molecule has 0 atom stereocenters. The quantitative estimate of drug-likeness (QED) is 0.735. The molecule has 0 aliphatic heterocycles. The summed E-state index contributed by atoms with van der Waals surface area (Å²) in [5, 5.41) is 11.6. The number of nitrogens with one attached hydrogen (secondary N) is 2. The van der Waals surface area contributed by atoms with Gasteiger partial charge in [0, 0.05) is 5.69 Å². The lowest BCUT2D eigenvalue weighted by molar-refractivity contribution is 0.624. The molecule has 4 nitrogen and oxygen atoms in total. The van der Waals surface area contributed by atoms with Crippen molar-refractivity contribution >= 4 is 22.7 Å². The van der Waals surface area contributed by atoms with Crippen LogP contribution >= 0.6 is 0 Å². The standard InChI is InChI=1S/C14H9FN4/c15-11-7-10(6-5-9(11)8-16)17-14-18-12-3-1-2-4-13(12)19-14/h1-7H,(H2,17,18,19). The summed E-state index contributed by atoms with van der Waals surface area (Å²) in [5.41, 5.74) is 2.30. The van der Waals surface area contributed by atoms with Crippen molar-refractivity contribution in [3.8, 4) is 6.07 Å². The lowest BCUT2D eigenvalue weighted by Gasteiger charge is -2.03. The number of anilines is 2. The molecule has 3 aromatic rings. The Labute approximate surface area is 108 Å². The van der Waals surface area contributed by atoms with Crippen molar-refractivity contribution in [1.29, 1.82) is 5.26 Å². The van der Waals surface area contributed by atoms with E-state index in [2.05, 4.69) is 15.3 Å². The van der Waals surface area contributed by atoms with Crippen LogP contribution in [0.1, 0.15) is 5.56 Å². The summed E-state index contributed by atoms with van der Waals surface area (Å²) in [7, 11) is 0. The summed E-state index contributed by atoms with van der Waals surface area (Å²) >= 11 is 0. The summed E-state index contributed by atoms with van der Waals surface area (Å²) in [4.78, 5) is 7.41. The molecule has 0 radical (unpaired) electrons. The van der Waals surface area contributed by atoms with Crippen molar-refractivity contribution in [1.82, 2.24) is 9.97 Å². The second-order valence-corrected chi connectivity index (χ2v) is 4.03. The zero-order valence-electron chi connectivity index (χ0n) is 9.81. The van der Waals surface area contributed by atoms with E-state index in [9.17, 15) is 4.39 Å². The number of rotatable bonds is 2. The number of hydrogen-bond donors (Lipinski definition) is 2. The van der Waals surface area contributed by atoms with Crippen molar-refractivity contribution in [3.63, 3.8) is 0 Å². The lowest BCUT2D eigenvalue weighted by Crippen LogP contribution is -1.94. The van der Waals surface area contributed by atoms with E-state index in [0.717, 1.165) is 11.0 Å². The van der Waals surface area contributed by atoms with Gasteiger partial charge in [0.2, 0.25) is 5.95 Å². The van der Waals surface area contributed by atoms with E-state index < -0.39 is 5.82 Å². The fourth-order valence-corrected chi connectivity index (χ4v) is 1.83. The number of nitriles is 1. The maximum atomic E-state index is 13.5. The smallest absolute Gasteiger partial charge is 0.205 e. The van der Waals surface area contributed by atoms with Crippen LogP contribution in [0.15, 0.2) is 42.5 Å². The van der Waals surface area contributed by atoms with Crippen LogP contribution in [0.25, 0.3) is 11.0 Å². The molecule has 0 unspecified atom stereocenters. The number of para-hydroxylation sites is 2. The van der Waals surface area contributed by atoms with E-state index in [1.165, 1.54) is 12.1 Å². The monoisotopic (exact) mass is 252 g/mol. The molecule has 1 heterocycles. The second kappa shape index (κ2) is 4.42. The van der Waals surface area contributed by atoms with Crippen LogP contribution in [0.2, 0.25) is 0 Å². The number of benzene rings is 2. The Bertz CT molecular complexity index is 752. The van der Waals surface area contributed by atoms with Gasteiger partial charge in [-0.3, -0.25) is 0 Å². The number of nitrogens with zero attached hydrogens (tertiary/aromatic N) is 2. The van der Waals surface area contributed by atoms with Crippen LogP contribution in [-0.2, 0) is 0 Å². The van der Waals surface area contributed by atoms with Gasteiger partial charge in [-0.1, -0.05) is 12.1 Å². The van der Waals surface area contributed by atoms with Crippen LogP contribution < -0.4 is 5.32 Å². The number of fused-ring (bicyclic) bond motifs is 1. The molecule has 92 valence electrons. The lowest BCUT2D eigenvalue weighted by atomic mass is 10.2. The molecule has 2 N–H and O–H groups in total. The van der Waals surface area contributed by atoms with Gasteiger partial charge in [0.1, 0.15) is 11.9 Å². The molecule has 5 heteroatoms. The Morgan fingerprint density at radius 1 is 1.21 bits per heavy atom. The van der Waals surface area contributed by atoms with Crippen LogP contribution in [-0.4, -0.2) is 9.97 Å². The third-order valence-corrected chi connectivity index (χ3v) is 2.74. The average Bonchev–Trinajstić information content (AvgIpc) is 2.81. The van der Waals surface area contributed by atoms with E-state index >= 15 is 0 Å². The minimum atomic E-state index is -0.552. The average molecular weight is 252 g/mol. The number of aromatic nitrogens is 2. The summed E-state index contributed by atoms with van der Waals surface area (Å²) in [6, 6.07) is 13.7. The second-order valence-electron chi connectivity index (χ2n) is 4.03. The van der Waals surface area contributed by atoms with Crippen LogP contribution in [0.5, 0.6) is 0 Å². The van der Waals surface area contributed by atoms with Crippen molar-refractivity contribution < 1.29 is 4.39 Å². The summed E-state index contributed by atoms with van der Waals surface area (Å²) < 4.78 is 13.5. The van der Waals surface area contributed by atoms with Gasteiger partial charge in [-0.25, -0.2) is 9.37 Å². The summed E-state index contributed by atoms with van der Waals surface area (Å²) in [6.45, 7) is 0. The third-order valence-electron chi connectivity index (χ3n) is 2.74. The van der Waals surface area contributed by atoms with Crippen LogP contribution in [0.3, 0.4) is 0 Å². The molecule has 0 spiro atoms. The van der Waals surface area contributed by atoms with Gasteiger partial charge < -0.3 is 10.3 Å². The maximum absolute atomic E-state index is 13.5. The highest BCUT2D eigenvalue weighted by Crippen LogP contribution is 2.19. The van der Waals surface area contributed by atoms with Gasteiger partial charge in [-0.05, 0) is 30.3 Å². The van der Waals surface area contributed by atoms with Gasteiger partial charge in [0.25, 0.3) is 0 Å². The molecule has 0 aliphatic rings. The molecule has 0 amide bonds. The fourth-order valence-electron chi connectivity index (χ4n) is 1.83. The molecule has 0 saturated heterocycles. The van der Waals surface area contributed by atoms with E-state index in [1.807, 2.05) is 24.3 Å². The Morgan fingerprint density at radius 2 is 2.05 bits per heavy atom. The van der Waals surface area contributed by atoms with Gasteiger partial charge >= 0.3 is 0 Å². The third kappa shape index (κ3) is 2.11. The SMILES string of the molecule is N#Cc1ccc(Nc2nc3ccccc3[nH]2)cc1F. The minimum Gasteiger partial charge on any atom is -0.326 e. The van der Waals surface area contributed by atoms with Crippen molar-refractivity contribution in [2.24, 2.45) is 0 Å². The molecular formula is C14H9FN4. The molecule has 2 aromatic carbocycles. The molecule has 0 fully saturated rings. The molecular weight excluding hydrogens is 243 g/mol. The first kappa shape index (κ1) is 11.2. The van der Waals surface area contributed by atoms with Gasteiger partial charge in [-0.2, -0.15) is 5.26 Å². The highest BCUT2D eigenvalue weighted by Gasteiger charge is 2.05. The Kier molecular flexibility index (Phi) is 2.62.